The zero-order valence-electron chi connectivity index (χ0n) is 8.90. The summed E-state index contributed by atoms with van der Waals surface area (Å²) in [6.07, 6.45) is 1.45. The lowest BCUT2D eigenvalue weighted by Gasteiger charge is -2.10. The van der Waals surface area contributed by atoms with E-state index in [9.17, 15) is 9.59 Å². The van der Waals surface area contributed by atoms with Crippen molar-refractivity contribution in [3.05, 3.63) is 35.4 Å². The normalized spacial score (nSPS) is 11.9. The van der Waals surface area contributed by atoms with Crippen LogP contribution >= 0.6 is 0 Å². The summed E-state index contributed by atoms with van der Waals surface area (Å²) in [6, 6.07) is 6.38. The van der Waals surface area contributed by atoms with E-state index in [-0.39, 0.29) is 12.1 Å². The molecule has 0 aliphatic rings. The molecule has 1 aromatic carbocycles. The summed E-state index contributed by atoms with van der Waals surface area (Å²) < 4.78 is 5.13. The quantitative estimate of drug-likeness (QED) is 0.561. The highest BCUT2D eigenvalue weighted by molar-refractivity contribution is 5.90. The van der Waals surface area contributed by atoms with Gasteiger partial charge in [0.2, 0.25) is 0 Å². The molecule has 0 bridgehead atoms. The number of hydrogen-bond acceptors (Lipinski definition) is 3. The summed E-state index contributed by atoms with van der Waals surface area (Å²) in [6.45, 7) is 3.80. The fraction of sp³-hybridized carbons (Fsp3) is 0.333. The minimum Gasteiger partial charge on any atom is -0.459 e. The Kier molecular flexibility index (Phi) is 4.03. The number of ether oxygens (including phenoxy) is 1. The van der Waals surface area contributed by atoms with Gasteiger partial charge in [0, 0.05) is 5.56 Å². The zero-order valence-corrected chi connectivity index (χ0v) is 8.90. The maximum atomic E-state index is 11.5. The molecule has 0 spiro atoms. The van der Waals surface area contributed by atoms with E-state index in [0.29, 0.717) is 11.1 Å². The van der Waals surface area contributed by atoms with Gasteiger partial charge < -0.3 is 4.74 Å². The topological polar surface area (TPSA) is 43.4 Å². The molecule has 0 aromatic heterocycles. The first kappa shape index (κ1) is 11.4. The van der Waals surface area contributed by atoms with E-state index in [0.717, 1.165) is 12.7 Å². The number of rotatable bonds is 4. The molecule has 0 saturated heterocycles. The molecule has 0 heterocycles. The van der Waals surface area contributed by atoms with Gasteiger partial charge in [-0.15, -0.1) is 0 Å². The molecule has 80 valence electrons. The molecule has 0 fully saturated rings. The second-order valence-corrected chi connectivity index (χ2v) is 3.36. The van der Waals surface area contributed by atoms with Crippen LogP contribution in [0.5, 0.6) is 0 Å². The standard InChI is InChI=1S/C12H14O3/c1-3-9(2)15-12(14)11-6-4-10(8-13)5-7-11/h4-9H,3H2,1-2H3. The summed E-state index contributed by atoms with van der Waals surface area (Å²) in [5, 5.41) is 0. The van der Waals surface area contributed by atoms with Crippen LogP contribution in [-0.2, 0) is 4.74 Å². The molecule has 3 heteroatoms. The number of carbonyl (C=O) groups excluding carboxylic acids is 2. The molecule has 1 unspecified atom stereocenters. The van der Waals surface area contributed by atoms with Gasteiger partial charge in [-0.1, -0.05) is 19.1 Å². The highest BCUT2D eigenvalue weighted by Crippen LogP contribution is 2.07. The maximum Gasteiger partial charge on any atom is 0.338 e. The highest BCUT2D eigenvalue weighted by atomic mass is 16.5. The molecular weight excluding hydrogens is 192 g/mol. The Balaban J connectivity index is 2.70. The average Bonchev–Trinajstić information content (AvgIpc) is 2.29. The number of carbonyl (C=O) groups is 2. The Morgan fingerprint density at radius 1 is 1.40 bits per heavy atom. The number of benzene rings is 1. The molecule has 15 heavy (non-hydrogen) atoms. The van der Waals surface area contributed by atoms with Crippen molar-refractivity contribution in [2.45, 2.75) is 26.4 Å². The van der Waals surface area contributed by atoms with Gasteiger partial charge in [-0.25, -0.2) is 4.79 Å². The molecule has 1 rings (SSSR count). The van der Waals surface area contributed by atoms with Crippen LogP contribution in [0.25, 0.3) is 0 Å². The Labute approximate surface area is 89.1 Å². The Morgan fingerprint density at radius 3 is 2.47 bits per heavy atom. The van der Waals surface area contributed by atoms with Crippen molar-refractivity contribution in [1.82, 2.24) is 0 Å². The second kappa shape index (κ2) is 5.29. The van der Waals surface area contributed by atoms with E-state index >= 15 is 0 Å². The highest BCUT2D eigenvalue weighted by Gasteiger charge is 2.09. The first-order valence-corrected chi connectivity index (χ1v) is 4.93. The smallest absolute Gasteiger partial charge is 0.338 e. The minimum atomic E-state index is -0.346. The van der Waals surface area contributed by atoms with Crippen molar-refractivity contribution in [3.63, 3.8) is 0 Å². The third-order valence-corrected chi connectivity index (χ3v) is 2.17. The summed E-state index contributed by atoms with van der Waals surface area (Å²) in [7, 11) is 0. The lowest BCUT2D eigenvalue weighted by atomic mass is 10.1. The van der Waals surface area contributed by atoms with Gasteiger partial charge in [-0.05, 0) is 25.5 Å². The summed E-state index contributed by atoms with van der Waals surface area (Å²) >= 11 is 0. The van der Waals surface area contributed by atoms with Crippen LogP contribution in [0.1, 0.15) is 41.0 Å². The van der Waals surface area contributed by atoms with Crippen LogP contribution in [0, 0.1) is 0 Å². The molecule has 0 saturated carbocycles. The number of hydrogen-bond donors (Lipinski definition) is 0. The Hall–Kier alpha value is -1.64. The fourth-order valence-electron chi connectivity index (χ4n) is 1.03. The largest absolute Gasteiger partial charge is 0.459 e. The van der Waals surface area contributed by atoms with Gasteiger partial charge in [0.05, 0.1) is 11.7 Å². The van der Waals surface area contributed by atoms with Crippen LogP contribution in [-0.4, -0.2) is 18.4 Å². The van der Waals surface area contributed by atoms with Crippen LogP contribution in [0.4, 0.5) is 0 Å². The van der Waals surface area contributed by atoms with Gasteiger partial charge in [-0.2, -0.15) is 0 Å². The molecular formula is C12H14O3. The lowest BCUT2D eigenvalue weighted by molar-refractivity contribution is 0.0334. The SMILES string of the molecule is CCC(C)OC(=O)c1ccc(C=O)cc1. The van der Waals surface area contributed by atoms with Crippen LogP contribution < -0.4 is 0 Å². The minimum absolute atomic E-state index is 0.0803. The van der Waals surface area contributed by atoms with Gasteiger partial charge >= 0.3 is 5.97 Å². The lowest BCUT2D eigenvalue weighted by Crippen LogP contribution is -2.13. The average molecular weight is 206 g/mol. The molecule has 1 atom stereocenters. The fourth-order valence-corrected chi connectivity index (χ4v) is 1.03. The first-order chi connectivity index (χ1) is 7.17. The van der Waals surface area contributed by atoms with Gasteiger partial charge in [-0.3, -0.25) is 4.79 Å². The number of esters is 1. The predicted molar refractivity (Wildman–Crippen MR) is 57.0 cm³/mol. The van der Waals surface area contributed by atoms with E-state index in [1.54, 1.807) is 24.3 Å². The molecule has 0 radical (unpaired) electrons. The van der Waals surface area contributed by atoms with Gasteiger partial charge in [0.25, 0.3) is 0 Å². The van der Waals surface area contributed by atoms with E-state index in [1.807, 2.05) is 13.8 Å². The van der Waals surface area contributed by atoms with Crippen molar-refractivity contribution in [2.24, 2.45) is 0 Å². The predicted octanol–water partition coefficient (Wildman–Crippen LogP) is 2.45. The van der Waals surface area contributed by atoms with Crippen LogP contribution in [0.3, 0.4) is 0 Å². The molecule has 0 aliphatic carbocycles. The second-order valence-electron chi connectivity index (χ2n) is 3.36. The van der Waals surface area contributed by atoms with Crippen molar-refractivity contribution in [2.75, 3.05) is 0 Å². The van der Waals surface area contributed by atoms with Crippen molar-refractivity contribution >= 4 is 12.3 Å². The third kappa shape index (κ3) is 3.20. The molecule has 0 aliphatic heterocycles. The Bertz CT molecular complexity index is 340. The maximum absolute atomic E-state index is 11.5. The third-order valence-electron chi connectivity index (χ3n) is 2.17. The van der Waals surface area contributed by atoms with E-state index in [4.69, 9.17) is 4.74 Å². The van der Waals surface area contributed by atoms with Crippen molar-refractivity contribution < 1.29 is 14.3 Å². The van der Waals surface area contributed by atoms with Crippen molar-refractivity contribution in [3.8, 4) is 0 Å². The molecule has 0 amide bonds. The summed E-state index contributed by atoms with van der Waals surface area (Å²) in [4.78, 5) is 21.9. The van der Waals surface area contributed by atoms with E-state index in [1.165, 1.54) is 0 Å². The van der Waals surface area contributed by atoms with Crippen LogP contribution in [0.2, 0.25) is 0 Å². The van der Waals surface area contributed by atoms with E-state index in [2.05, 4.69) is 0 Å². The van der Waals surface area contributed by atoms with E-state index < -0.39 is 0 Å². The summed E-state index contributed by atoms with van der Waals surface area (Å²) in [5.74, 6) is -0.346. The number of aldehydes is 1. The van der Waals surface area contributed by atoms with Gasteiger partial charge in [0.1, 0.15) is 6.29 Å². The molecule has 0 N–H and O–H groups in total. The van der Waals surface area contributed by atoms with Crippen molar-refractivity contribution in [1.29, 1.82) is 0 Å². The molecule has 1 aromatic rings. The monoisotopic (exact) mass is 206 g/mol. The summed E-state index contributed by atoms with van der Waals surface area (Å²) in [5.41, 5.74) is 1.02. The van der Waals surface area contributed by atoms with Gasteiger partial charge in [0.15, 0.2) is 0 Å². The van der Waals surface area contributed by atoms with Crippen LogP contribution in [0.15, 0.2) is 24.3 Å². The zero-order chi connectivity index (χ0) is 11.3. The Morgan fingerprint density at radius 2 is 2.00 bits per heavy atom. The molecule has 3 nitrogen and oxygen atoms in total. The first-order valence-electron chi connectivity index (χ1n) is 4.93.